The predicted molar refractivity (Wildman–Crippen MR) is 115 cm³/mol. The largest absolute Gasteiger partial charge is 0.490 e. The van der Waals surface area contributed by atoms with Crippen LogP contribution in [0.5, 0.6) is 11.5 Å². The molecule has 1 fully saturated rings. The molecule has 0 bridgehead atoms. The predicted octanol–water partition coefficient (Wildman–Crippen LogP) is 4.31. The summed E-state index contributed by atoms with van der Waals surface area (Å²) in [6.45, 7) is 5.03. The summed E-state index contributed by atoms with van der Waals surface area (Å²) < 4.78 is 12.6. The first-order valence-corrected chi connectivity index (χ1v) is 11.1. The number of nitrogens with zero attached hydrogens (tertiary/aromatic N) is 1. The van der Waals surface area contributed by atoms with Gasteiger partial charge in [-0.3, -0.25) is 4.90 Å². The van der Waals surface area contributed by atoms with Crippen molar-refractivity contribution in [3.63, 3.8) is 0 Å². The molecule has 1 unspecified atom stereocenters. The number of hydrogen-bond donors (Lipinski definition) is 1. The van der Waals surface area contributed by atoms with Crippen molar-refractivity contribution in [1.82, 2.24) is 10.2 Å². The molecular formula is C25H32N2O2. The third-order valence-electron chi connectivity index (χ3n) is 6.88. The molecule has 0 aromatic heterocycles. The zero-order valence-corrected chi connectivity index (χ0v) is 17.6. The number of fused-ring (bicyclic) bond motifs is 2. The van der Waals surface area contributed by atoms with Crippen LogP contribution in [0.25, 0.3) is 0 Å². The molecule has 2 aromatic carbocycles. The van der Waals surface area contributed by atoms with Crippen LogP contribution in [0, 0.1) is 0 Å². The fourth-order valence-electron chi connectivity index (χ4n) is 5.34. The Kier molecular flexibility index (Phi) is 5.00. The molecule has 2 aromatic rings. The molecule has 1 N–H and O–H groups in total. The fraction of sp³-hybridized carbons (Fsp3) is 0.520. The lowest BCUT2D eigenvalue weighted by molar-refractivity contribution is -0.00321. The van der Waals surface area contributed by atoms with Gasteiger partial charge in [0.05, 0.1) is 0 Å². The summed E-state index contributed by atoms with van der Waals surface area (Å²) in [5, 5.41) is 3.46. The van der Waals surface area contributed by atoms with E-state index in [-0.39, 0.29) is 5.60 Å². The van der Waals surface area contributed by atoms with Crippen molar-refractivity contribution in [2.75, 3.05) is 13.6 Å². The van der Waals surface area contributed by atoms with E-state index in [9.17, 15) is 0 Å². The number of ether oxygens (including phenoxy) is 2. The minimum atomic E-state index is -0.0751. The van der Waals surface area contributed by atoms with Crippen molar-refractivity contribution in [3.8, 4) is 11.5 Å². The molecule has 4 nitrogen and oxygen atoms in total. The van der Waals surface area contributed by atoms with Crippen LogP contribution in [0.4, 0.5) is 0 Å². The van der Waals surface area contributed by atoms with Gasteiger partial charge in [-0.25, -0.2) is 0 Å². The maximum absolute atomic E-state index is 6.74. The van der Waals surface area contributed by atoms with Crippen LogP contribution in [0.3, 0.4) is 0 Å². The Morgan fingerprint density at radius 3 is 2.72 bits per heavy atom. The van der Waals surface area contributed by atoms with Crippen LogP contribution in [0.2, 0.25) is 0 Å². The molecule has 0 radical (unpaired) electrons. The van der Waals surface area contributed by atoms with Crippen molar-refractivity contribution < 1.29 is 9.47 Å². The highest BCUT2D eigenvalue weighted by Gasteiger charge is 2.40. The second-order valence-corrected chi connectivity index (χ2v) is 9.18. The fourth-order valence-corrected chi connectivity index (χ4v) is 5.34. The summed E-state index contributed by atoms with van der Waals surface area (Å²) in [6, 6.07) is 16.0. The molecule has 1 atom stereocenters. The van der Waals surface area contributed by atoms with E-state index in [1.165, 1.54) is 29.5 Å². The minimum Gasteiger partial charge on any atom is -0.490 e. The van der Waals surface area contributed by atoms with Crippen LogP contribution >= 0.6 is 0 Å². The summed E-state index contributed by atoms with van der Waals surface area (Å²) in [5.41, 5.74) is 3.96. The molecular weight excluding hydrogens is 360 g/mol. The second-order valence-electron chi connectivity index (χ2n) is 9.18. The Hall–Kier alpha value is -2.04. The van der Waals surface area contributed by atoms with E-state index in [1.54, 1.807) is 0 Å². The van der Waals surface area contributed by atoms with E-state index in [4.69, 9.17) is 9.47 Å². The number of benzene rings is 2. The summed E-state index contributed by atoms with van der Waals surface area (Å²) >= 11 is 0. The van der Waals surface area contributed by atoms with Gasteiger partial charge in [0.1, 0.15) is 23.2 Å². The summed E-state index contributed by atoms with van der Waals surface area (Å²) in [7, 11) is 2.08. The Labute approximate surface area is 174 Å². The Morgan fingerprint density at radius 1 is 1.07 bits per heavy atom. The van der Waals surface area contributed by atoms with E-state index >= 15 is 0 Å². The molecule has 0 amide bonds. The van der Waals surface area contributed by atoms with Gasteiger partial charge in [-0.2, -0.15) is 0 Å². The van der Waals surface area contributed by atoms with Gasteiger partial charge < -0.3 is 14.8 Å². The minimum absolute atomic E-state index is 0.0751. The zero-order valence-electron chi connectivity index (χ0n) is 17.6. The third kappa shape index (κ3) is 3.88. The lowest BCUT2D eigenvalue weighted by Gasteiger charge is -2.41. The molecule has 2 aliphatic heterocycles. The highest BCUT2D eigenvalue weighted by atomic mass is 16.5. The molecule has 1 spiro atoms. The second kappa shape index (κ2) is 7.66. The van der Waals surface area contributed by atoms with E-state index in [0.717, 1.165) is 50.4 Å². The van der Waals surface area contributed by atoms with Gasteiger partial charge in [-0.15, -0.1) is 0 Å². The average Bonchev–Trinajstić information content (AvgIpc) is 3.01. The van der Waals surface area contributed by atoms with Gasteiger partial charge in [-0.05, 0) is 62.9 Å². The first-order chi connectivity index (χ1) is 14.1. The van der Waals surface area contributed by atoms with Crippen molar-refractivity contribution >= 4 is 0 Å². The van der Waals surface area contributed by atoms with Gasteiger partial charge in [0, 0.05) is 37.7 Å². The van der Waals surface area contributed by atoms with E-state index in [2.05, 4.69) is 66.7 Å². The first kappa shape index (κ1) is 19.0. The van der Waals surface area contributed by atoms with Crippen LogP contribution in [0.1, 0.15) is 49.3 Å². The molecule has 154 valence electrons. The molecule has 5 rings (SSSR count). The maximum atomic E-state index is 6.74. The standard InChI is InChI=1S/C25H32N2O2/c1-18-13-21-14-19(7-8-23(21)28-18)15-27-16-20-5-3-4-6-24(20)29-25(17-27)11-9-22(26-2)10-12-25/h3-8,14,18,22,26H,9-13,15-17H2,1-2H3. The molecule has 2 heterocycles. The number of para-hydroxylation sites is 1. The topological polar surface area (TPSA) is 33.7 Å². The lowest BCUT2D eigenvalue weighted by Crippen LogP contribution is -2.50. The van der Waals surface area contributed by atoms with Crippen LogP contribution in [-0.4, -0.2) is 36.2 Å². The normalized spacial score (nSPS) is 28.9. The molecule has 1 saturated carbocycles. The highest BCUT2D eigenvalue weighted by Crippen LogP contribution is 2.39. The van der Waals surface area contributed by atoms with Gasteiger partial charge >= 0.3 is 0 Å². The molecule has 1 aliphatic carbocycles. The van der Waals surface area contributed by atoms with Crippen molar-refractivity contribution in [3.05, 3.63) is 59.2 Å². The zero-order chi connectivity index (χ0) is 19.8. The van der Waals surface area contributed by atoms with Gasteiger partial charge in [0.2, 0.25) is 0 Å². The van der Waals surface area contributed by atoms with Crippen molar-refractivity contribution in [2.24, 2.45) is 0 Å². The van der Waals surface area contributed by atoms with Crippen LogP contribution < -0.4 is 14.8 Å². The Morgan fingerprint density at radius 2 is 1.90 bits per heavy atom. The Bertz CT molecular complexity index is 873. The van der Waals surface area contributed by atoms with Gasteiger partial charge in [-0.1, -0.05) is 30.3 Å². The third-order valence-corrected chi connectivity index (χ3v) is 6.88. The Balaban J connectivity index is 1.40. The van der Waals surface area contributed by atoms with Gasteiger partial charge in [0.25, 0.3) is 0 Å². The summed E-state index contributed by atoms with van der Waals surface area (Å²) in [6.07, 6.45) is 5.90. The molecule has 4 heteroatoms. The van der Waals surface area contributed by atoms with Crippen LogP contribution in [-0.2, 0) is 19.5 Å². The van der Waals surface area contributed by atoms with E-state index < -0.39 is 0 Å². The van der Waals surface area contributed by atoms with Crippen LogP contribution in [0.15, 0.2) is 42.5 Å². The maximum Gasteiger partial charge on any atom is 0.124 e. The summed E-state index contributed by atoms with van der Waals surface area (Å²) in [4.78, 5) is 2.59. The smallest absolute Gasteiger partial charge is 0.124 e. The number of nitrogens with one attached hydrogen (secondary N) is 1. The average molecular weight is 393 g/mol. The van der Waals surface area contributed by atoms with Crippen molar-refractivity contribution in [1.29, 1.82) is 0 Å². The van der Waals surface area contributed by atoms with E-state index in [1.807, 2.05) is 0 Å². The van der Waals surface area contributed by atoms with Gasteiger partial charge in [0.15, 0.2) is 0 Å². The number of hydrogen-bond acceptors (Lipinski definition) is 4. The molecule has 0 saturated heterocycles. The SMILES string of the molecule is CNC1CCC2(CC1)CN(Cc1ccc3c(c1)CC(C)O3)Cc1ccccc1O2. The monoisotopic (exact) mass is 392 g/mol. The molecule has 3 aliphatic rings. The van der Waals surface area contributed by atoms with Crippen molar-refractivity contribution in [2.45, 2.75) is 69.9 Å². The first-order valence-electron chi connectivity index (χ1n) is 11.1. The summed E-state index contributed by atoms with van der Waals surface area (Å²) in [5.74, 6) is 2.14. The quantitative estimate of drug-likeness (QED) is 0.844. The molecule has 29 heavy (non-hydrogen) atoms. The highest BCUT2D eigenvalue weighted by molar-refractivity contribution is 5.41. The van der Waals surface area contributed by atoms with E-state index in [0.29, 0.717) is 12.1 Å². The number of rotatable bonds is 3. The lowest BCUT2D eigenvalue weighted by atomic mass is 9.81.